The quantitative estimate of drug-likeness (QED) is 0.808. The number of aliphatic hydroxyl groups is 1. The fraction of sp³-hybridized carbons (Fsp3) is 0.421. The highest BCUT2D eigenvalue weighted by molar-refractivity contribution is 5.79. The van der Waals surface area contributed by atoms with Crippen LogP contribution in [0.1, 0.15) is 18.4 Å². The van der Waals surface area contributed by atoms with E-state index in [1.54, 1.807) is 25.6 Å². The van der Waals surface area contributed by atoms with Gasteiger partial charge in [-0.15, -0.1) is 0 Å². The van der Waals surface area contributed by atoms with Crippen molar-refractivity contribution in [1.29, 1.82) is 0 Å². The van der Waals surface area contributed by atoms with Gasteiger partial charge in [0, 0.05) is 31.0 Å². The van der Waals surface area contributed by atoms with Gasteiger partial charge < -0.3 is 20.1 Å². The first kappa shape index (κ1) is 18.1. The highest BCUT2D eigenvalue weighted by Crippen LogP contribution is 2.23. The molecule has 0 unspecified atom stereocenters. The van der Waals surface area contributed by atoms with Crippen molar-refractivity contribution >= 4 is 11.9 Å². The molecule has 0 aliphatic carbocycles. The predicted octanol–water partition coefficient (Wildman–Crippen LogP) is 1.18. The van der Waals surface area contributed by atoms with Crippen molar-refractivity contribution in [2.75, 3.05) is 31.6 Å². The number of amides is 1. The zero-order valence-electron chi connectivity index (χ0n) is 14.9. The van der Waals surface area contributed by atoms with Crippen molar-refractivity contribution < 1.29 is 14.6 Å². The van der Waals surface area contributed by atoms with Crippen LogP contribution in [0.25, 0.3) is 0 Å². The molecule has 3 rings (SSSR count). The van der Waals surface area contributed by atoms with E-state index in [-0.39, 0.29) is 18.9 Å². The minimum Gasteiger partial charge on any atom is -0.496 e. The number of methoxy groups -OCH3 is 1. The number of rotatable bonds is 6. The molecule has 1 aliphatic heterocycles. The average molecular weight is 356 g/mol. The van der Waals surface area contributed by atoms with Gasteiger partial charge in [0.2, 0.25) is 11.9 Å². The standard InChI is InChI=1S/C19H24N4O3/c1-26-16-7-3-2-6-15(16)12-17(24)22-13-19(25)8-4-11-23(14-19)18-20-9-5-10-21-18/h2-3,5-7,9-10,25H,4,8,11-14H2,1H3,(H,22,24)/t19-/m1/s1. The third kappa shape index (κ3) is 4.49. The van der Waals surface area contributed by atoms with E-state index in [0.29, 0.717) is 24.7 Å². The van der Waals surface area contributed by atoms with Gasteiger partial charge in [-0.2, -0.15) is 0 Å². The summed E-state index contributed by atoms with van der Waals surface area (Å²) in [5.74, 6) is 1.15. The van der Waals surface area contributed by atoms with Crippen molar-refractivity contribution in [3.05, 3.63) is 48.3 Å². The molecule has 0 radical (unpaired) electrons. The minimum absolute atomic E-state index is 0.143. The van der Waals surface area contributed by atoms with Crippen LogP contribution in [0.5, 0.6) is 5.75 Å². The Hall–Kier alpha value is -2.67. The number of benzene rings is 1. The maximum atomic E-state index is 12.3. The lowest BCUT2D eigenvalue weighted by atomic mass is 9.93. The molecule has 26 heavy (non-hydrogen) atoms. The van der Waals surface area contributed by atoms with E-state index >= 15 is 0 Å². The third-order valence-electron chi connectivity index (χ3n) is 4.55. The SMILES string of the molecule is COc1ccccc1CC(=O)NC[C@]1(O)CCCN(c2ncccn2)C1. The molecule has 1 fully saturated rings. The summed E-state index contributed by atoms with van der Waals surface area (Å²) in [6, 6.07) is 9.19. The maximum absolute atomic E-state index is 12.3. The summed E-state index contributed by atoms with van der Waals surface area (Å²) in [5, 5.41) is 13.7. The van der Waals surface area contributed by atoms with Crippen LogP contribution in [0, 0.1) is 0 Å². The molecule has 138 valence electrons. The Morgan fingerprint density at radius 1 is 1.31 bits per heavy atom. The Balaban J connectivity index is 1.57. The molecule has 0 spiro atoms. The van der Waals surface area contributed by atoms with E-state index in [1.165, 1.54) is 0 Å². The summed E-state index contributed by atoms with van der Waals surface area (Å²) in [4.78, 5) is 22.7. The van der Waals surface area contributed by atoms with Crippen LogP contribution < -0.4 is 15.0 Å². The largest absolute Gasteiger partial charge is 0.496 e. The van der Waals surface area contributed by atoms with Crippen LogP contribution in [0.2, 0.25) is 0 Å². The first-order valence-electron chi connectivity index (χ1n) is 8.73. The van der Waals surface area contributed by atoms with Gasteiger partial charge in [-0.3, -0.25) is 4.79 Å². The fourth-order valence-corrected chi connectivity index (χ4v) is 3.23. The maximum Gasteiger partial charge on any atom is 0.225 e. The van der Waals surface area contributed by atoms with Crippen molar-refractivity contribution in [2.24, 2.45) is 0 Å². The number of nitrogens with zero attached hydrogens (tertiary/aromatic N) is 3. The Morgan fingerprint density at radius 3 is 2.85 bits per heavy atom. The molecule has 2 heterocycles. The number of nitrogens with one attached hydrogen (secondary N) is 1. The Kier molecular flexibility index (Phi) is 5.68. The van der Waals surface area contributed by atoms with Crippen molar-refractivity contribution in [1.82, 2.24) is 15.3 Å². The molecule has 1 saturated heterocycles. The number of para-hydroxylation sites is 1. The normalized spacial score (nSPS) is 19.8. The third-order valence-corrected chi connectivity index (χ3v) is 4.55. The molecular formula is C19H24N4O3. The van der Waals surface area contributed by atoms with E-state index in [0.717, 1.165) is 18.5 Å². The van der Waals surface area contributed by atoms with E-state index < -0.39 is 5.60 Å². The van der Waals surface area contributed by atoms with Crippen LogP contribution in [0.4, 0.5) is 5.95 Å². The zero-order valence-corrected chi connectivity index (χ0v) is 14.9. The molecule has 2 N–H and O–H groups in total. The van der Waals surface area contributed by atoms with Crippen LogP contribution >= 0.6 is 0 Å². The second-order valence-corrected chi connectivity index (χ2v) is 6.56. The smallest absolute Gasteiger partial charge is 0.225 e. The predicted molar refractivity (Wildman–Crippen MR) is 98.1 cm³/mol. The van der Waals surface area contributed by atoms with E-state index in [9.17, 15) is 9.90 Å². The Bertz CT molecular complexity index is 741. The lowest BCUT2D eigenvalue weighted by molar-refractivity contribution is -0.121. The first-order valence-corrected chi connectivity index (χ1v) is 8.73. The summed E-state index contributed by atoms with van der Waals surface area (Å²) in [5.41, 5.74) is -0.170. The van der Waals surface area contributed by atoms with E-state index in [2.05, 4.69) is 15.3 Å². The number of β-amino-alcohol motifs (C(OH)–C–C–N with tert-alkyl or cyclic N) is 1. The van der Waals surface area contributed by atoms with Gasteiger partial charge in [0.05, 0.1) is 25.7 Å². The summed E-state index contributed by atoms with van der Waals surface area (Å²) in [7, 11) is 1.59. The Labute approximate surface area is 153 Å². The first-order chi connectivity index (χ1) is 12.6. The molecule has 1 aromatic carbocycles. The number of carbonyl (C=O) groups excluding carboxylic acids is 1. The minimum atomic E-state index is -0.992. The molecule has 1 atom stereocenters. The van der Waals surface area contributed by atoms with Crippen LogP contribution in [0.3, 0.4) is 0 Å². The summed E-state index contributed by atoms with van der Waals surface area (Å²) in [6.07, 6.45) is 5.03. The number of ether oxygens (including phenoxy) is 1. The van der Waals surface area contributed by atoms with E-state index in [1.807, 2.05) is 29.2 Å². The monoisotopic (exact) mass is 356 g/mol. The van der Waals surface area contributed by atoms with Gasteiger partial charge in [0.25, 0.3) is 0 Å². The van der Waals surface area contributed by atoms with Gasteiger partial charge in [0.1, 0.15) is 5.75 Å². The van der Waals surface area contributed by atoms with Gasteiger partial charge >= 0.3 is 0 Å². The molecule has 7 heteroatoms. The van der Waals surface area contributed by atoms with Gasteiger partial charge in [0.15, 0.2) is 0 Å². The van der Waals surface area contributed by atoms with Crippen LogP contribution in [0.15, 0.2) is 42.7 Å². The number of piperidine rings is 1. The molecular weight excluding hydrogens is 332 g/mol. The summed E-state index contributed by atoms with van der Waals surface area (Å²) < 4.78 is 5.27. The van der Waals surface area contributed by atoms with Crippen molar-refractivity contribution in [3.8, 4) is 5.75 Å². The number of carbonyl (C=O) groups is 1. The average Bonchev–Trinajstić information content (AvgIpc) is 2.68. The summed E-state index contributed by atoms with van der Waals surface area (Å²) in [6.45, 7) is 1.39. The van der Waals surface area contributed by atoms with E-state index in [4.69, 9.17) is 4.74 Å². The fourth-order valence-electron chi connectivity index (χ4n) is 3.23. The summed E-state index contributed by atoms with van der Waals surface area (Å²) >= 11 is 0. The molecule has 1 aliphatic rings. The lowest BCUT2D eigenvalue weighted by Gasteiger charge is -2.39. The van der Waals surface area contributed by atoms with Gasteiger partial charge in [-0.1, -0.05) is 18.2 Å². The molecule has 1 aromatic heterocycles. The number of hydrogen-bond acceptors (Lipinski definition) is 6. The lowest BCUT2D eigenvalue weighted by Crippen LogP contribution is -2.54. The van der Waals surface area contributed by atoms with Gasteiger partial charge in [-0.05, 0) is 25.0 Å². The molecule has 2 aromatic rings. The second-order valence-electron chi connectivity index (χ2n) is 6.56. The highest BCUT2D eigenvalue weighted by Gasteiger charge is 2.34. The number of anilines is 1. The molecule has 0 saturated carbocycles. The van der Waals surface area contributed by atoms with Crippen molar-refractivity contribution in [2.45, 2.75) is 24.9 Å². The van der Waals surface area contributed by atoms with Crippen LogP contribution in [-0.2, 0) is 11.2 Å². The molecule has 7 nitrogen and oxygen atoms in total. The zero-order chi connectivity index (χ0) is 18.4. The highest BCUT2D eigenvalue weighted by atomic mass is 16.5. The Morgan fingerprint density at radius 2 is 2.08 bits per heavy atom. The van der Waals surface area contributed by atoms with Crippen LogP contribution in [-0.4, -0.2) is 53.3 Å². The molecule has 1 amide bonds. The van der Waals surface area contributed by atoms with Crippen molar-refractivity contribution in [3.63, 3.8) is 0 Å². The van der Waals surface area contributed by atoms with Gasteiger partial charge in [-0.25, -0.2) is 9.97 Å². The molecule has 0 bridgehead atoms. The topological polar surface area (TPSA) is 87.6 Å². The number of aromatic nitrogens is 2. The number of hydrogen-bond donors (Lipinski definition) is 2. The second kappa shape index (κ2) is 8.14.